The summed E-state index contributed by atoms with van der Waals surface area (Å²) >= 11 is 0. The zero-order chi connectivity index (χ0) is 19.1. The van der Waals surface area contributed by atoms with E-state index in [1.807, 2.05) is 49.4 Å². The molecule has 1 N–H and O–H groups in total. The topological polar surface area (TPSA) is 79.9 Å². The normalized spacial score (nSPS) is 10.9. The number of nitriles is 1. The van der Waals surface area contributed by atoms with Crippen LogP contribution in [0.25, 0.3) is 11.8 Å². The van der Waals surface area contributed by atoms with Gasteiger partial charge in [0, 0.05) is 11.8 Å². The van der Waals surface area contributed by atoms with Gasteiger partial charge in [-0.05, 0) is 37.3 Å². The summed E-state index contributed by atoms with van der Waals surface area (Å²) in [5.41, 5.74) is 2.05. The first-order chi connectivity index (χ1) is 13.2. The Kier molecular flexibility index (Phi) is 5.65. The Morgan fingerprint density at radius 1 is 1.22 bits per heavy atom. The summed E-state index contributed by atoms with van der Waals surface area (Å²) in [6.07, 6.45) is 4.87. The number of amides is 1. The highest BCUT2D eigenvalue weighted by Crippen LogP contribution is 2.24. The molecule has 27 heavy (non-hydrogen) atoms. The molecule has 0 saturated heterocycles. The third-order valence-corrected chi connectivity index (χ3v) is 3.73. The summed E-state index contributed by atoms with van der Waals surface area (Å²) in [6, 6.07) is 18.6. The maximum absolute atomic E-state index is 12.5. The van der Waals surface area contributed by atoms with Crippen LogP contribution in [-0.4, -0.2) is 22.3 Å². The van der Waals surface area contributed by atoms with Crippen molar-refractivity contribution >= 4 is 17.7 Å². The van der Waals surface area contributed by atoms with E-state index >= 15 is 0 Å². The summed E-state index contributed by atoms with van der Waals surface area (Å²) in [6.45, 7) is 2.34. The van der Waals surface area contributed by atoms with Gasteiger partial charge in [-0.25, -0.2) is 4.68 Å². The summed E-state index contributed by atoms with van der Waals surface area (Å²) in [7, 11) is 0. The van der Waals surface area contributed by atoms with Crippen LogP contribution in [0.5, 0.6) is 5.75 Å². The molecule has 0 bridgehead atoms. The largest absolute Gasteiger partial charge is 0.492 e. The van der Waals surface area contributed by atoms with Gasteiger partial charge in [0.2, 0.25) is 0 Å². The van der Waals surface area contributed by atoms with Crippen molar-refractivity contribution < 1.29 is 9.53 Å². The molecule has 0 radical (unpaired) electrons. The highest BCUT2D eigenvalue weighted by atomic mass is 16.5. The van der Waals surface area contributed by atoms with E-state index in [0.29, 0.717) is 23.6 Å². The molecule has 3 aromatic rings. The van der Waals surface area contributed by atoms with E-state index in [-0.39, 0.29) is 5.57 Å². The van der Waals surface area contributed by atoms with Crippen molar-refractivity contribution in [3.8, 4) is 17.5 Å². The second kappa shape index (κ2) is 8.50. The maximum atomic E-state index is 12.5. The fraction of sp³-hybridized carbons (Fsp3) is 0.0952. The zero-order valence-electron chi connectivity index (χ0n) is 14.8. The number of benzene rings is 2. The van der Waals surface area contributed by atoms with Crippen LogP contribution in [0.1, 0.15) is 12.5 Å². The van der Waals surface area contributed by atoms with Crippen molar-refractivity contribution in [2.75, 3.05) is 11.9 Å². The minimum absolute atomic E-state index is 0.0195. The van der Waals surface area contributed by atoms with Crippen molar-refractivity contribution in [3.63, 3.8) is 0 Å². The van der Waals surface area contributed by atoms with Crippen LogP contribution in [0.4, 0.5) is 5.69 Å². The molecule has 0 unspecified atom stereocenters. The molecule has 0 saturated carbocycles. The third-order valence-electron chi connectivity index (χ3n) is 3.73. The number of anilines is 1. The minimum atomic E-state index is -0.503. The van der Waals surface area contributed by atoms with Gasteiger partial charge in [0.05, 0.1) is 24.2 Å². The number of ether oxygens (including phenoxy) is 1. The second-order valence-electron chi connectivity index (χ2n) is 5.61. The molecular formula is C21H18N4O2. The number of nitrogens with zero attached hydrogens (tertiary/aromatic N) is 3. The zero-order valence-corrected chi connectivity index (χ0v) is 14.8. The molecule has 1 amide bonds. The van der Waals surface area contributed by atoms with Gasteiger partial charge < -0.3 is 10.1 Å². The van der Waals surface area contributed by atoms with Crippen LogP contribution < -0.4 is 10.1 Å². The number of aromatic nitrogens is 2. The summed E-state index contributed by atoms with van der Waals surface area (Å²) in [5, 5.41) is 16.4. The van der Waals surface area contributed by atoms with Gasteiger partial charge in [-0.1, -0.05) is 30.3 Å². The first-order valence-electron chi connectivity index (χ1n) is 8.46. The number of para-hydroxylation sites is 3. The predicted molar refractivity (Wildman–Crippen MR) is 103 cm³/mol. The summed E-state index contributed by atoms with van der Waals surface area (Å²) in [4.78, 5) is 12.5. The van der Waals surface area contributed by atoms with Gasteiger partial charge in [0.1, 0.15) is 17.4 Å². The Morgan fingerprint density at radius 2 is 1.96 bits per heavy atom. The standard InChI is InChI=1S/C21H18N4O2/c1-2-27-20-11-7-6-10-19(20)24-21(26)17(13-22)12-16-14-23-25(15-16)18-8-4-3-5-9-18/h3-12,14-15H,2H2,1H3,(H,24,26)/b17-12+. The monoisotopic (exact) mass is 358 g/mol. The molecule has 0 spiro atoms. The molecule has 2 aromatic carbocycles. The van der Waals surface area contributed by atoms with Crippen molar-refractivity contribution in [1.82, 2.24) is 9.78 Å². The molecule has 1 heterocycles. The molecule has 6 heteroatoms. The lowest BCUT2D eigenvalue weighted by Crippen LogP contribution is -2.14. The smallest absolute Gasteiger partial charge is 0.266 e. The van der Waals surface area contributed by atoms with Gasteiger partial charge in [-0.2, -0.15) is 10.4 Å². The van der Waals surface area contributed by atoms with Gasteiger partial charge in [0.25, 0.3) is 5.91 Å². The first kappa shape index (κ1) is 18.0. The third kappa shape index (κ3) is 4.41. The fourth-order valence-corrected chi connectivity index (χ4v) is 2.49. The predicted octanol–water partition coefficient (Wildman–Crippen LogP) is 3.82. The van der Waals surface area contributed by atoms with Crippen LogP contribution in [0.2, 0.25) is 0 Å². The van der Waals surface area contributed by atoms with Crippen molar-refractivity contribution in [1.29, 1.82) is 5.26 Å². The molecule has 134 valence electrons. The molecule has 0 aliphatic carbocycles. The minimum Gasteiger partial charge on any atom is -0.492 e. The molecule has 0 fully saturated rings. The van der Waals surface area contributed by atoms with Gasteiger partial charge in [-0.3, -0.25) is 4.79 Å². The highest BCUT2D eigenvalue weighted by molar-refractivity contribution is 6.10. The Balaban J connectivity index is 1.80. The lowest BCUT2D eigenvalue weighted by atomic mass is 10.2. The number of nitrogens with one attached hydrogen (secondary N) is 1. The van der Waals surface area contributed by atoms with E-state index in [9.17, 15) is 10.1 Å². The second-order valence-corrected chi connectivity index (χ2v) is 5.61. The molecule has 6 nitrogen and oxygen atoms in total. The van der Waals surface area contributed by atoms with Crippen LogP contribution in [0.15, 0.2) is 72.6 Å². The Morgan fingerprint density at radius 3 is 2.70 bits per heavy atom. The lowest BCUT2D eigenvalue weighted by Gasteiger charge is -2.10. The maximum Gasteiger partial charge on any atom is 0.266 e. The van der Waals surface area contributed by atoms with E-state index in [4.69, 9.17) is 4.74 Å². The van der Waals surface area contributed by atoms with E-state index in [2.05, 4.69) is 10.4 Å². The molecule has 0 aliphatic rings. The molecule has 0 aliphatic heterocycles. The van der Waals surface area contributed by atoms with Crippen molar-refractivity contribution in [2.24, 2.45) is 0 Å². The summed E-state index contributed by atoms with van der Waals surface area (Å²) < 4.78 is 7.18. The lowest BCUT2D eigenvalue weighted by molar-refractivity contribution is -0.112. The number of carbonyl (C=O) groups is 1. The molecular weight excluding hydrogens is 340 g/mol. The van der Waals surface area contributed by atoms with E-state index in [1.165, 1.54) is 6.08 Å². The Labute approximate surface area is 157 Å². The van der Waals surface area contributed by atoms with Crippen LogP contribution in [0.3, 0.4) is 0 Å². The average Bonchev–Trinajstić information content (AvgIpc) is 3.17. The van der Waals surface area contributed by atoms with Crippen LogP contribution >= 0.6 is 0 Å². The molecule has 1 aromatic heterocycles. The van der Waals surface area contributed by atoms with Gasteiger partial charge >= 0.3 is 0 Å². The van der Waals surface area contributed by atoms with E-state index in [0.717, 1.165) is 5.69 Å². The summed E-state index contributed by atoms with van der Waals surface area (Å²) in [5.74, 6) is 0.0552. The Bertz CT molecular complexity index is 1000. The average molecular weight is 358 g/mol. The van der Waals surface area contributed by atoms with Gasteiger partial charge in [0.15, 0.2) is 0 Å². The number of carbonyl (C=O) groups excluding carboxylic acids is 1. The number of hydrogen-bond donors (Lipinski definition) is 1. The molecule has 3 rings (SSSR count). The van der Waals surface area contributed by atoms with Crippen molar-refractivity contribution in [2.45, 2.75) is 6.92 Å². The fourth-order valence-electron chi connectivity index (χ4n) is 2.49. The van der Waals surface area contributed by atoms with Gasteiger partial charge in [-0.15, -0.1) is 0 Å². The SMILES string of the molecule is CCOc1ccccc1NC(=O)/C(C#N)=C/c1cnn(-c2ccccc2)c1. The quantitative estimate of drug-likeness (QED) is 0.537. The van der Waals surface area contributed by atoms with Crippen LogP contribution in [0, 0.1) is 11.3 Å². The first-order valence-corrected chi connectivity index (χ1v) is 8.46. The molecule has 0 atom stereocenters. The number of hydrogen-bond acceptors (Lipinski definition) is 4. The van der Waals surface area contributed by atoms with Crippen molar-refractivity contribution in [3.05, 3.63) is 78.1 Å². The van der Waals surface area contributed by atoms with Crippen LogP contribution in [-0.2, 0) is 4.79 Å². The number of rotatable bonds is 6. The van der Waals surface area contributed by atoms with E-state index in [1.54, 1.807) is 35.3 Å². The highest BCUT2D eigenvalue weighted by Gasteiger charge is 2.13. The van der Waals surface area contributed by atoms with E-state index < -0.39 is 5.91 Å². The Hall–Kier alpha value is -3.85.